The second kappa shape index (κ2) is 15.8. The van der Waals surface area contributed by atoms with Crippen molar-refractivity contribution in [2.75, 3.05) is 44.6 Å². The van der Waals surface area contributed by atoms with Crippen LogP contribution in [-0.4, -0.2) is 110 Å². The summed E-state index contributed by atoms with van der Waals surface area (Å²) in [6.07, 6.45) is 4.69. The summed E-state index contributed by atoms with van der Waals surface area (Å²) < 4.78 is 21.5. The van der Waals surface area contributed by atoms with E-state index in [4.69, 9.17) is 4.74 Å². The number of hydrogen-bond acceptors (Lipinski definition) is 7. The maximum absolute atomic E-state index is 15.1. The summed E-state index contributed by atoms with van der Waals surface area (Å²) >= 11 is 0. The molecule has 12 nitrogen and oxygen atoms in total. The van der Waals surface area contributed by atoms with E-state index in [-0.39, 0.29) is 30.7 Å². The number of H-pyrrole nitrogens is 1. The number of benzene rings is 2. The fourth-order valence-electron chi connectivity index (χ4n) is 8.12. The number of nitrogens with zero attached hydrogens (tertiary/aromatic N) is 5. The highest BCUT2D eigenvalue weighted by Crippen LogP contribution is 2.35. The molecule has 3 amide bonds. The Morgan fingerprint density at radius 3 is 2.36 bits per heavy atom. The number of β-amino-alcohol motifs (C(OH)–C–C–N with tert-alkyl or cyclic N) is 1. The molecule has 0 bridgehead atoms. The molecule has 282 valence electrons. The lowest BCUT2D eigenvalue weighted by Gasteiger charge is -2.36. The first-order valence-electron chi connectivity index (χ1n) is 18.8. The van der Waals surface area contributed by atoms with Gasteiger partial charge in [-0.25, -0.2) is 23.9 Å². The minimum atomic E-state index is -0.847. The summed E-state index contributed by atoms with van der Waals surface area (Å²) in [4.78, 5) is 42.4. The molecule has 2 aromatic heterocycles. The van der Waals surface area contributed by atoms with Crippen LogP contribution < -0.4 is 5.32 Å². The molecular weight excluding hydrogens is 677 g/mol. The molecule has 0 radical (unpaired) electrons. The molecule has 0 aliphatic carbocycles. The van der Waals surface area contributed by atoms with Crippen molar-refractivity contribution in [3.63, 3.8) is 0 Å². The van der Waals surface area contributed by atoms with Gasteiger partial charge in [-0.05, 0) is 79.8 Å². The van der Waals surface area contributed by atoms with E-state index >= 15 is 4.39 Å². The minimum absolute atomic E-state index is 0.0199. The number of fused-ring (bicyclic) bond motifs is 1. The molecule has 4 aromatic rings. The molecule has 3 fully saturated rings. The number of amides is 3. The van der Waals surface area contributed by atoms with Gasteiger partial charge in [-0.15, -0.1) is 0 Å². The van der Waals surface area contributed by atoms with E-state index in [0.717, 1.165) is 68.4 Å². The van der Waals surface area contributed by atoms with Crippen LogP contribution in [0.15, 0.2) is 48.8 Å². The van der Waals surface area contributed by atoms with Crippen LogP contribution in [0.1, 0.15) is 57.1 Å². The van der Waals surface area contributed by atoms with Crippen LogP contribution in [0.25, 0.3) is 33.5 Å². The van der Waals surface area contributed by atoms with E-state index in [1.54, 1.807) is 4.90 Å². The normalized spacial score (nSPS) is 20.5. The van der Waals surface area contributed by atoms with Crippen LogP contribution in [0.5, 0.6) is 0 Å². The maximum atomic E-state index is 15.1. The highest BCUT2D eigenvalue weighted by Gasteiger charge is 2.34. The molecule has 0 spiro atoms. The zero-order chi connectivity index (χ0) is 37.2. The number of aliphatic hydroxyl groups is 1. The van der Waals surface area contributed by atoms with Crippen LogP contribution in [-0.2, 0) is 11.3 Å². The van der Waals surface area contributed by atoms with Crippen LogP contribution in [0.3, 0.4) is 0 Å². The third-order valence-corrected chi connectivity index (χ3v) is 11.1. The average molecular weight is 728 g/mol. The zero-order valence-electron chi connectivity index (χ0n) is 30.7. The number of aromatic amines is 1. The number of anilines is 1. The van der Waals surface area contributed by atoms with Crippen molar-refractivity contribution in [3.8, 4) is 22.5 Å². The predicted octanol–water partition coefficient (Wildman–Crippen LogP) is 6.73. The Bertz CT molecular complexity index is 1920. The van der Waals surface area contributed by atoms with Gasteiger partial charge in [-0.2, -0.15) is 0 Å². The highest BCUT2D eigenvalue weighted by molar-refractivity contribution is 5.97. The third-order valence-electron chi connectivity index (χ3n) is 11.1. The maximum Gasteiger partial charge on any atom is 0.407 e. The smallest absolute Gasteiger partial charge is 0.407 e. The summed E-state index contributed by atoms with van der Waals surface area (Å²) in [5.74, 6) is -0.0609. The predicted molar refractivity (Wildman–Crippen MR) is 201 cm³/mol. The summed E-state index contributed by atoms with van der Waals surface area (Å²) in [5, 5.41) is 23.4. The minimum Gasteiger partial charge on any atom is -0.465 e. The second-order valence-electron chi connectivity index (χ2n) is 15.4. The van der Waals surface area contributed by atoms with Crippen molar-refractivity contribution in [2.24, 2.45) is 11.8 Å². The van der Waals surface area contributed by atoms with Crippen molar-refractivity contribution in [1.82, 2.24) is 29.7 Å². The number of nitrogens with one attached hydrogen (secondary N) is 2. The van der Waals surface area contributed by atoms with Crippen LogP contribution in [0, 0.1) is 24.6 Å². The molecular formula is C40H50FN7O5. The van der Waals surface area contributed by atoms with Crippen molar-refractivity contribution in [2.45, 2.75) is 77.7 Å². The SMILES string of the molecule is Cc1c(NC(=O)N2C[C@H](CC(C)C)[C@@H](O)C2)cc(F)cc1-c1ncnc2[nH]c(-c3ccc(CN4CCC(OC5CCN(C(=O)O)CC5)CC4)cc3)cc12. The lowest BCUT2D eigenvalue weighted by molar-refractivity contribution is -0.0633. The van der Waals surface area contributed by atoms with Gasteiger partial charge in [0.15, 0.2) is 0 Å². The molecule has 13 heteroatoms. The highest BCUT2D eigenvalue weighted by atomic mass is 19.1. The van der Waals surface area contributed by atoms with E-state index in [2.05, 4.69) is 63.3 Å². The Balaban J connectivity index is 0.988. The third kappa shape index (κ3) is 8.47. The summed E-state index contributed by atoms with van der Waals surface area (Å²) in [6, 6.07) is 12.8. The van der Waals surface area contributed by atoms with Gasteiger partial charge in [0, 0.05) is 74.1 Å². The van der Waals surface area contributed by atoms with Crippen LogP contribution >= 0.6 is 0 Å². The van der Waals surface area contributed by atoms with E-state index in [0.29, 0.717) is 53.7 Å². The van der Waals surface area contributed by atoms with Gasteiger partial charge in [0.1, 0.15) is 17.8 Å². The molecule has 2 atom stereocenters. The number of hydrogen-bond donors (Lipinski definition) is 4. The number of ether oxygens (including phenoxy) is 1. The molecule has 4 N–H and O–H groups in total. The number of carbonyl (C=O) groups is 2. The molecule has 0 saturated carbocycles. The number of carboxylic acid groups (broad SMARTS) is 1. The van der Waals surface area contributed by atoms with E-state index in [9.17, 15) is 19.8 Å². The quantitative estimate of drug-likeness (QED) is 0.148. The fourth-order valence-corrected chi connectivity index (χ4v) is 8.12. The standard InChI is InChI=1S/C40H50FN7O5/c1-24(2)16-28-21-48(22-36(28)49)39(50)45-34-18-29(41)17-32(25(34)3)37-33-19-35(44-38(33)43-23-42-37)27-6-4-26(5-7-27)20-46-12-8-30(9-13-46)53-31-10-14-47(15-11-31)40(51)52/h4-7,17-19,23-24,28,30-31,36,49H,8-16,20-22H2,1-3H3,(H,45,50)(H,51,52)(H,42,43,44)/t28-,36-/m0/s1. The first kappa shape index (κ1) is 36.8. The number of piperidine rings is 2. The molecule has 2 aromatic carbocycles. The van der Waals surface area contributed by atoms with Gasteiger partial charge in [0.25, 0.3) is 0 Å². The number of aliphatic hydroxyl groups excluding tert-OH is 1. The van der Waals surface area contributed by atoms with Gasteiger partial charge >= 0.3 is 12.1 Å². The number of carbonyl (C=O) groups excluding carboxylic acids is 1. The number of likely N-dealkylation sites (tertiary alicyclic amines) is 3. The Hall–Kier alpha value is -4.59. The Labute approximate surface area is 309 Å². The monoisotopic (exact) mass is 727 g/mol. The van der Waals surface area contributed by atoms with E-state index < -0.39 is 18.0 Å². The van der Waals surface area contributed by atoms with E-state index in [1.165, 1.54) is 28.9 Å². The fraction of sp³-hybridized carbons (Fsp3) is 0.500. The molecule has 53 heavy (non-hydrogen) atoms. The van der Waals surface area contributed by atoms with Crippen molar-refractivity contribution >= 4 is 28.8 Å². The lowest BCUT2D eigenvalue weighted by Crippen LogP contribution is -2.43. The molecule has 3 aliphatic heterocycles. The van der Waals surface area contributed by atoms with E-state index in [1.807, 2.05) is 13.0 Å². The average Bonchev–Trinajstić information content (AvgIpc) is 3.74. The second-order valence-corrected chi connectivity index (χ2v) is 15.4. The van der Waals surface area contributed by atoms with Gasteiger partial charge in [0.2, 0.25) is 0 Å². The number of aromatic nitrogens is 3. The van der Waals surface area contributed by atoms with Crippen molar-refractivity contribution in [3.05, 3.63) is 65.7 Å². The van der Waals surface area contributed by atoms with Gasteiger partial charge in [-0.3, -0.25) is 4.90 Å². The topological polar surface area (TPSA) is 147 Å². The lowest BCUT2D eigenvalue weighted by atomic mass is 9.95. The van der Waals surface area contributed by atoms with Gasteiger partial charge in [0.05, 0.1) is 24.0 Å². The van der Waals surface area contributed by atoms with Gasteiger partial charge in [-0.1, -0.05) is 38.1 Å². The molecule has 5 heterocycles. The molecule has 0 unspecified atom stereocenters. The van der Waals surface area contributed by atoms with Crippen LogP contribution in [0.2, 0.25) is 0 Å². The largest absolute Gasteiger partial charge is 0.465 e. The van der Waals surface area contributed by atoms with Crippen molar-refractivity contribution in [1.29, 1.82) is 0 Å². The first-order chi connectivity index (χ1) is 25.5. The Kier molecular flexibility index (Phi) is 11.0. The summed E-state index contributed by atoms with van der Waals surface area (Å²) in [7, 11) is 0. The van der Waals surface area contributed by atoms with Crippen LogP contribution in [0.4, 0.5) is 19.7 Å². The number of urea groups is 1. The first-order valence-corrected chi connectivity index (χ1v) is 18.8. The summed E-state index contributed by atoms with van der Waals surface area (Å²) in [6.45, 7) is 10.6. The zero-order valence-corrected chi connectivity index (χ0v) is 30.7. The Morgan fingerprint density at radius 2 is 1.68 bits per heavy atom. The number of rotatable bonds is 9. The number of halogens is 1. The molecule has 3 aliphatic rings. The van der Waals surface area contributed by atoms with Crippen molar-refractivity contribution < 1.29 is 28.9 Å². The molecule has 3 saturated heterocycles. The van der Waals surface area contributed by atoms with Gasteiger partial charge < -0.3 is 35.1 Å². The molecule has 7 rings (SSSR count). The Morgan fingerprint density at radius 1 is 0.981 bits per heavy atom. The summed E-state index contributed by atoms with van der Waals surface area (Å²) in [5.41, 5.74) is 5.87.